The second-order valence-corrected chi connectivity index (χ2v) is 8.12. The molecule has 0 fully saturated rings. The van der Waals surface area contributed by atoms with Crippen molar-refractivity contribution < 1.29 is 9.47 Å². The summed E-state index contributed by atoms with van der Waals surface area (Å²) >= 11 is 0. The van der Waals surface area contributed by atoms with Gasteiger partial charge in [-0.15, -0.1) is 0 Å². The minimum atomic E-state index is -0.164. The van der Waals surface area contributed by atoms with Gasteiger partial charge in [0.05, 0.1) is 11.2 Å². The van der Waals surface area contributed by atoms with Crippen LogP contribution in [0.4, 0.5) is 0 Å². The van der Waals surface area contributed by atoms with Gasteiger partial charge in [-0.05, 0) is 52.9 Å². The van der Waals surface area contributed by atoms with Crippen LogP contribution in [0.25, 0.3) is 0 Å². The van der Waals surface area contributed by atoms with E-state index in [1.54, 1.807) is 0 Å². The molecule has 2 nitrogen and oxygen atoms in total. The van der Waals surface area contributed by atoms with Crippen molar-refractivity contribution in [2.24, 2.45) is 5.92 Å². The number of unbranched alkanes of at least 4 members (excludes halogenated alkanes) is 4. The van der Waals surface area contributed by atoms with Gasteiger partial charge in [-0.2, -0.15) is 0 Å². The van der Waals surface area contributed by atoms with Gasteiger partial charge in [0.2, 0.25) is 0 Å². The van der Waals surface area contributed by atoms with Crippen molar-refractivity contribution in [1.82, 2.24) is 0 Å². The second kappa shape index (κ2) is 11.5. The summed E-state index contributed by atoms with van der Waals surface area (Å²) < 4.78 is 11.9. The molecule has 133 valence electrons. The number of rotatable bonds is 13. The Bertz CT molecular complexity index is 255. The van der Waals surface area contributed by atoms with Crippen LogP contribution in [0.2, 0.25) is 0 Å². The third-order valence-corrected chi connectivity index (χ3v) is 3.77. The Balaban J connectivity index is 3.87. The zero-order valence-corrected chi connectivity index (χ0v) is 16.2. The molecule has 0 heterocycles. The molecule has 0 saturated carbocycles. The van der Waals surface area contributed by atoms with E-state index < -0.39 is 0 Å². The lowest BCUT2D eigenvalue weighted by Crippen LogP contribution is -2.31. The lowest BCUT2D eigenvalue weighted by Gasteiger charge is -2.31. The first kappa shape index (κ1) is 21.9. The van der Waals surface area contributed by atoms with E-state index in [0.717, 1.165) is 32.5 Å². The third kappa shape index (κ3) is 13.6. The highest BCUT2D eigenvalue weighted by Gasteiger charge is 2.24. The largest absolute Gasteiger partial charge is 0.376 e. The predicted octanol–water partition coefficient (Wildman–Crippen LogP) is 6.19. The molecular formula is C20H41O2. The lowest BCUT2D eigenvalue weighted by atomic mass is 9.92. The molecule has 0 aliphatic heterocycles. The van der Waals surface area contributed by atoms with Gasteiger partial charge in [-0.25, -0.2) is 0 Å². The van der Waals surface area contributed by atoms with Crippen molar-refractivity contribution in [3.8, 4) is 0 Å². The molecule has 0 aromatic rings. The second-order valence-electron chi connectivity index (χ2n) is 8.12. The molecule has 1 atom stereocenters. The molecule has 2 heteroatoms. The van der Waals surface area contributed by atoms with Crippen LogP contribution in [0.15, 0.2) is 0 Å². The average molecular weight is 314 g/mol. The van der Waals surface area contributed by atoms with Crippen LogP contribution in [-0.2, 0) is 9.47 Å². The molecule has 22 heavy (non-hydrogen) atoms. The Hall–Kier alpha value is -0.0800. The van der Waals surface area contributed by atoms with Crippen LogP contribution < -0.4 is 0 Å². The van der Waals surface area contributed by atoms with E-state index in [9.17, 15) is 0 Å². The maximum absolute atomic E-state index is 6.13. The zero-order valence-electron chi connectivity index (χ0n) is 16.2. The Kier molecular flexibility index (Phi) is 11.4. The first-order valence-electron chi connectivity index (χ1n) is 9.32. The first-order chi connectivity index (χ1) is 10.2. The van der Waals surface area contributed by atoms with E-state index >= 15 is 0 Å². The molecule has 0 N–H and O–H groups in total. The van der Waals surface area contributed by atoms with Gasteiger partial charge in [0.15, 0.2) is 0 Å². The SMILES string of the molecule is [CH2]C(CCCC)(CCCCCCOC(C)(C)C)OCC(C)C. The summed E-state index contributed by atoms with van der Waals surface area (Å²) in [6, 6.07) is 0. The van der Waals surface area contributed by atoms with Gasteiger partial charge in [0, 0.05) is 13.2 Å². The number of hydrogen-bond acceptors (Lipinski definition) is 2. The highest BCUT2D eigenvalue weighted by atomic mass is 16.5. The van der Waals surface area contributed by atoms with Gasteiger partial charge in [-0.1, -0.05) is 52.9 Å². The van der Waals surface area contributed by atoms with Crippen molar-refractivity contribution in [2.45, 2.75) is 104 Å². The smallest absolute Gasteiger partial charge is 0.0683 e. The van der Waals surface area contributed by atoms with Crippen molar-refractivity contribution in [3.63, 3.8) is 0 Å². The van der Waals surface area contributed by atoms with Crippen LogP contribution in [0, 0.1) is 12.8 Å². The van der Waals surface area contributed by atoms with E-state index in [4.69, 9.17) is 9.47 Å². The quantitative estimate of drug-likeness (QED) is 0.377. The van der Waals surface area contributed by atoms with E-state index in [2.05, 4.69) is 48.5 Å². The number of ether oxygens (including phenoxy) is 2. The van der Waals surface area contributed by atoms with E-state index in [1.807, 2.05) is 0 Å². The Morgan fingerprint density at radius 2 is 1.45 bits per heavy atom. The summed E-state index contributed by atoms with van der Waals surface area (Å²) in [6.45, 7) is 19.1. The zero-order chi connectivity index (χ0) is 17.1. The molecule has 0 aromatic carbocycles. The Morgan fingerprint density at radius 3 is 2.00 bits per heavy atom. The molecule has 1 unspecified atom stereocenters. The fourth-order valence-electron chi connectivity index (χ4n) is 2.39. The monoisotopic (exact) mass is 313 g/mol. The normalized spacial score (nSPS) is 15.3. The minimum absolute atomic E-state index is 0.00662. The van der Waals surface area contributed by atoms with Crippen molar-refractivity contribution in [1.29, 1.82) is 0 Å². The molecule has 1 radical (unpaired) electrons. The van der Waals surface area contributed by atoms with Crippen LogP contribution in [-0.4, -0.2) is 24.4 Å². The van der Waals surface area contributed by atoms with Crippen molar-refractivity contribution in [2.75, 3.05) is 13.2 Å². The molecule has 0 rings (SSSR count). The molecule has 0 saturated heterocycles. The summed E-state index contributed by atoms with van der Waals surface area (Å²) in [4.78, 5) is 0. The summed E-state index contributed by atoms with van der Waals surface area (Å²) in [5.41, 5.74) is -0.171. The Labute approximate surface area is 140 Å². The summed E-state index contributed by atoms with van der Waals surface area (Å²) in [5.74, 6) is 0.581. The predicted molar refractivity (Wildman–Crippen MR) is 97.2 cm³/mol. The van der Waals surface area contributed by atoms with Crippen molar-refractivity contribution >= 4 is 0 Å². The maximum Gasteiger partial charge on any atom is 0.0683 e. The van der Waals surface area contributed by atoms with E-state index in [1.165, 1.54) is 32.1 Å². The number of hydrogen-bond donors (Lipinski definition) is 0. The van der Waals surface area contributed by atoms with Gasteiger partial charge >= 0.3 is 0 Å². The highest BCUT2D eigenvalue weighted by molar-refractivity contribution is 4.83. The molecule has 0 aliphatic rings. The molecule has 0 amide bonds. The van der Waals surface area contributed by atoms with Crippen molar-refractivity contribution in [3.05, 3.63) is 6.92 Å². The van der Waals surface area contributed by atoms with Gasteiger partial charge < -0.3 is 9.47 Å². The van der Waals surface area contributed by atoms with Crippen LogP contribution >= 0.6 is 0 Å². The maximum atomic E-state index is 6.13. The molecule has 0 aromatic heterocycles. The Morgan fingerprint density at radius 1 is 0.864 bits per heavy atom. The lowest BCUT2D eigenvalue weighted by molar-refractivity contribution is -0.0383. The van der Waals surface area contributed by atoms with Crippen LogP contribution in [0.1, 0.15) is 92.9 Å². The standard InChI is InChI=1S/C20H41O2/c1-8-9-14-20(7,22-17-18(2)3)15-12-10-11-13-16-21-19(4,5)6/h18H,7-17H2,1-6H3. The molecule has 0 spiro atoms. The van der Waals surface area contributed by atoms with Gasteiger partial charge in [0.1, 0.15) is 0 Å². The van der Waals surface area contributed by atoms with E-state index in [-0.39, 0.29) is 11.2 Å². The summed E-state index contributed by atoms with van der Waals surface area (Å²) in [5, 5.41) is 0. The first-order valence-corrected chi connectivity index (χ1v) is 9.32. The fraction of sp³-hybridized carbons (Fsp3) is 0.950. The fourth-order valence-corrected chi connectivity index (χ4v) is 2.39. The topological polar surface area (TPSA) is 18.5 Å². The summed E-state index contributed by atoms with van der Waals surface area (Å²) in [6.07, 6.45) is 9.45. The molecule has 0 aliphatic carbocycles. The third-order valence-electron chi connectivity index (χ3n) is 3.77. The van der Waals surface area contributed by atoms with Gasteiger partial charge in [-0.3, -0.25) is 0 Å². The average Bonchev–Trinajstić information content (AvgIpc) is 2.41. The highest BCUT2D eigenvalue weighted by Crippen LogP contribution is 2.26. The minimum Gasteiger partial charge on any atom is -0.376 e. The molecular weight excluding hydrogens is 272 g/mol. The van der Waals surface area contributed by atoms with Gasteiger partial charge in [0.25, 0.3) is 0 Å². The summed E-state index contributed by atoms with van der Waals surface area (Å²) in [7, 11) is 0. The van der Waals surface area contributed by atoms with Crippen LogP contribution in [0.3, 0.4) is 0 Å². The van der Waals surface area contributed by atoms with Crippen LogP contribution in [0.5, 0.6) is 0 Å². The molecule has 0 bridgehead atoms. The van der Waals surface area contributed by atoms with E-state index in [0.29, 0.717) is 5.92 Å².